The summed E-state index contributed by atoms with van der Waals surface area (Å²) in [4.78, 5) is 19.5. The Kier molecular flexibility index (Phi) is 8.22. The molecule has 2 N–H and O–H groups in total. The van der Waals surface area contributed by atoms with Crippen molar-refractivity contribution < 1.29 is 4.79 Å². The minimum atomic E-state index is 0. The van der Waals surface area contributed by atoms with Crippen LogP contribution in [0.3, 0.4) is 0 Å². The third-order valence-corrected chi connectivity index (χ3v) is 6.40. The van der Waals surface area contributed by atoms with Crippen molar-refractivity contribution >= 4 is 36.4 Å². The highest BCUT2D eigenvalue weighted by Crippen LogP contribution is 2.37. The molecule has 0 aromatic heterocycles. The maximum atomic E-state index is 12.6. The molecule has 3 aliphatic rings. The average Bonchev–Trinajstić information content (AvgIpc) is 3.23. The highest BCUT2D eigenvalue weighted by molar-refractivity contribution is 5.85. The minimum absolute atomic E-state index is 0. The number of para-hydroxylation sites is 1. The molecule has 2 aliphatic heterocycles. The lowest BCUT2D eigenvalue weighted by atomic mass is 9.98. The lowest BCUT2D eigenvalue weighted by Crippen LogP contribution is -2.47. The summed E-state index contributed by atoms with van der Waals surface area (Å²) < 4.78 is 0. The number of likely N-dealkylation sites (tertiary alicyclic amines) is 1. The number of nitrogens with two attached hydrogens (primary N) is 1. The van der Waals surface area contributed by atoms with Crippen molar-refractivity contribution in [1.82, 2.24) is 9.80 Å². The van der Waals surface area contributed by atoms with Gasteiger partial charge >= 0.3 is 0 Å². The molecule has 1 aromatic rings. The smallest absolute Gasteiger partial charge is 0.223 e. The van der Waals surface area contributed by atoms with E-state index in [1.165, 1.54) is 12.1 Å². The van der Waals surface area contributed by atoms with E-state index >= 15 is 0 Å². The van der Waals surface area contributed by atoms with E-state index in [9.17, 15) is 4.79 Å². The Morgan fingerprint density at radius 1 is 1.00 bits per heavy atom. The summed E-state index contributed by atoms with van der Waals surface area (Å²) in [5, 5.41) is 0. The zero-order chi connectivity index (χ0) is 17.2. The highest BCUT2D eigenvalue weighted by atomic mass is 35.5. The van der Waals surface area contributed by atoms with E-state index in [2.05, 4.69) is 45.0 Å². The van der Waals surface area contributed by atoms with Crippen molar-refractivity contribution in [3.8, 4) is 0 Å². The van der Waals surface area contributed by atoms with Gasteiger partial charge in [0, 0.05) is 64.0 Å². The number of benzene rings is 1. The minimum Gasteiger partial charge on any atom is -0.369 e. The van der Waals surface area contributed by atoms with Crippen molar-refractivity contribution in [2.45, 2.75) is 25.3 Å². The topological polar surface area (TPSA) is 52.8 Å². The van der Waals surface area contributed by atoms with E-state index in [0.29, 0.717) is 30.2 Å². The third kappa shape index (κ3) is 5.08. The predicted octanol–water partition coefficient (Wildman–Crippen LogP) is 2.24. The van der Waals surface area contributed by atoms with Gasteiger partial charge in [-0.15, -0.1) is 24.8 Å². The van der Waals surface area contributed by atoms with Crippen LogP contribution in [0.15, 0.2) is 30.3 Å². The molecular weight excluding hydrogens is 383 g/mol. The first-order valence-corrected chi connectivity index (χ1v) is 9.76. The second-order valence-electron chi connectivity index (χ2n) is 7.88. The summed E-state index contributed by atoms with van der Waals surface area (Å²) >= 11 is 0. The Hall–Kier alpha value is -1.01. The number of amides is 1. The van der Waals surface area contributed by atoms with Crippen molar-refractivity contribution in [1.29, 1.82) is 0 Å². The largest absolute Gasteiger partial charge is 0.369 e. The number of carbonyl (C=O) groups is 1. The van der Waals surface area contributed by atoms with Gasteiger partial charge in [0.2, 0.25) is 5.91 Å². The SMILES string of the molecule is Cl.Cl.NC1CCC2CN(C(=O)CCN3CCN(c4ccccc4)CC3)CC12. The van der Waals surface area contributed by atoms with Crippen LogP contribution in [0.25, 0.3) is 0 Å². The second-order valence-corrected chi connectivity index (χ2v) is 7.88. The Morgan fingerprint density at radius 2 is 1.70 bits per heavy atom. The van der Waals surface area contributed by atoms with Gasteiger partial charge in [-0.1, -0.05) is 18.2 Å². The molecule has 7 heteroatoms. The zero-order valence-corrected chi connectivity index (χ0v) is 17.5. The lowest BCUT2D eigenvalue weighted by Gasteiger charge is -2.36. The molecule has 1 amide bonds. The van der Waals surface area contributed by atoms with Crippen molar-refractivity contribution in [3.05, 3.63) is 30.3 Å². The van der Waals surface area contributed by atoms with Crippen molar-refractivity contribution in [3.63, 3.8) is 0 Å². The normalized spacial score (nSPS) is 27.7. The fourth-order valence-corrected chi connectivity index (χ4v) is 4.79. The van der Waals surface area contributed by atoms with Gasteiger partial charge in [0.1, 0.15) is 0 Å². The van der Waals surface area contributed by atoms with Gasteiger partial charge in [-0.05, 0) is 36.8 Å². The molecule has 1 saturated carbocycles. The van der Waals surface area contributed by atoms with E-state index in [1.807, 2.05) is 0 Å². The summed E-state index contributed by atoms with van der Waals surface area (Å²) in [6.07, 6.45) is 3.00. The Morgan fingerprint density at radius 3 is 2.37 bits per heavy atom. The molecule has 5 nitrogen and oxygen atoms in total. The van der Waals surface area contributed by atoms with Crippen LogP contribution in [0.1, 0.15) is 19.3 Å². The number of nitrogens with zero attached hydrogens (tertiary/aromatic N) is 3. The predicted molar refractivity (Wildman–Crippen MR) is 115 cm³/mol. The third-order valence-electron chi connectivity index (χ3n) is 6.40. The van der Waals surface area contributed by atoms with E-state index < -0.39 is 0 Å². The summed E-state index contributed by atoms with van der Waals surface area (Å²) in [7, 11) is 0. The van der Waals surface area contributed by atoms with Crippen LogP contribution in [-0.4, -0.2) is 67.6 Å². The van der Waals surface area contributed by atoms with Gasteiger partial charge in [-0.25, -0.2) is 0 Å². The standard InChI is InChI=1S/C20H30N4O.2ClH/c21-19-7-6-16-14-24(15-18(16)19)20(25)8-9-22-10-12-23(13-11-22)17-4-2-1-3-5-17;;/h1-5,16,18-19H,6-15,21H2;2*1H. The fraction of sp³-hybridized carbons (Fsp3) is 0.650. The summed E-state index contributed by atoms with van der Waals surface area (Å²) in [6.45, 7) is 6.89. The van der Waals surface area contributed by atoms with E-state index in [4.69, 9.17) is 5.73 Å². The van der Waals surface area contributed by atoms with E-state index in [0.717, 1.165) is 52.2 Å². The molecule has 0 spiro atoms. The molecule has 0 radical (unpaired) electrons. The summed E-state index contributed by atoms with van der Waals surface area (Å²) in [5.41, 5.74) is 7.49. The molecule has 1 aromatic carbocycles. The molecular formula is C20H32Cl2N4O. The van der Waals surface area contributed by atoms with Gasteiger partial charge in [0.15, 0.2) is 0 Å². The quantitative estimate of drug-likeness (QED) is 0.820. The van der Waals surface area contributed by atoms with E-state index in [1.54, 1.807) is 0 Å². The summed E-state index contributed by atoms with van der Waals surface area (Å²) in [5.74, 6) is 1.54. The van der Waals surface area contributed by atoms with Gasteiger partial charge in [0.25, 0.3) is 0 Å². The first-order chi connectivity index (χ1) is 12.2. The number of hydrogen-bond acceptors (Lipinski definition) is 4. The first kappa shape index (κ1) is 22.3. The van der Waals surface area contributed by atoms with E-state index in [-0.39, 0.29) is 24.8 Å². The molecule has 27 heavy (non-hydrogen) atoms. The number of rotatable bonds is 4. The maximum absolute atomic E-state index is 12.6. The molecule has 152 valence electrons. The second kappa shape index (κ2) is 9.97. The van der Waals surface area contributed by atoms with Crippen molar-refractivity contribution in [2.24, 2.45) is 17.6 Å². The number of hydrogen-bond donors (Lipinski definition) is 1. The monoisotopic (exact) mass is 414 g/mol. The number of piperazine rings is 1. The molecule has 1 aliphatic carbocycles. The number of anilines is 1. The number of carbonyl (C=O) groups excluding carboxylic acids is 1. The fourth-order valence-electron chi connectivity index (χ4n) is 4.79. The molecule has 0 bridgehead atoms. The first-order valence-electron chi connectivity index (χ1n) is 9.76. The van der Waals surface area contributed by atoms with Crippen LogP contribution >= 0.6 is 24.8 Å². The maximum Gasteiger partial charge on any atom is 0.223 e. The Balaban J connectivity index is 0.00000131. The molecule has 3 unspecified atom stereocenters. The van der Waals surface area contributed by atoms with Crippen molar-refractivity contribution in [2.75, 3.05) is 50.7 Å². The Labute approximate surface area is 175 Å². The van der Waals surface area contributed by atoms with Crippen LogP contribution < -0.4 is 10.6 Å². The van der Waals surface area contributed by atoms with Gasteiger partial charge in [0.05, 0.1) is 0 Å². The lowest BCUT2D eigenvalue weighted by molar-refractivity contribution is -0.130. The van der Waals surface area contributed by atoms with Crippen LogP contribution in [0, 0.1) is 11.8 Å². The van der Waals surface area contributed by atoms with Crippen LogP contribution in [0.2, 0.25) is 0 Å². The van der Waals surface area contributed by atoms with Crippen LogP contribution in [0.4, 0.5) is 5.69 Å². The van der Waals surface area contributed by atoms with Gasteiger partial charge in [-0.2, -0.15) is 0 Å². The molecule has 4 rings (SSSR count). The zero-order valence-electron chi connectivity index (χ0n) is 15.8. The number of halogens is 2. The molecule has 3 fully saturated rings. The highest BCUT2D eigenvalue weighted by Gasteiger charge is 2.42. The average molecular weight is 415 g/mol. The van der Waals surface area contributed by atoms with Gasteiger partial charge < -0.3 is 15.5 Å². The van der Waals surface area contributed by atoms with Crippen LogP contribution in [-0.2, 0) is 4.79 Å². The Bertz CT molecular complexity index is 595. The number of fused-ring (bicyclic) bond motifs is 1. The molecule has 3 atom stereocenters. The molecule has 2 saturated heterocycles. The van der Waals surface area contributed by atoms with Crippen LogP contribution in [0.5, 0.6) is 0 Å². The summed E-state index contributed by atoms with van der Waals surface area (Å²) in [6, 6.07) is 10.9. The van der Waals surface area contributed by atoms with Gasteiger partial charge in [-0.3, -0.25) is 9.69 Å². The molecule has 2 heterocycles.